The molecule has 0 saturated heterocycles. The Kier molecular flexibility index (Phi) is 3.22. The maximum Gasteiger partial charge on any atom is 0.155 e. The molecule has 0 aliphatic carbocycles. The third kappa shape index (κ3) is 2.62. The minimum absolute atomic E-state index is 0.238. The first-order valence-electron chi connectivity index (χ1n) is 3.78. The summed E-state index contributed by atoms with van der Waals surface area (Å²) in [5.41, 5.74) is 7.14. The lowest BCUT2D eigenvalue weighted by atomic mass is 10.1. The molecule has 65 valence electrons. The van der Waals surface area contributed by atoms with Gasteiger partial charge in [0.25, 0.3) is 0 Å². The minimum Gasteiger partial charge on any atom is -0.368 e. The summed E-state index contributed by atoms with van der Waals surface area (Å²) in [6.45, 7) is 0.426. The molecule has 4 N–H and O–H groups in total. The van der Waals surface area contributed by atoms with Crippen molar-refractivity contribution in [3.63, 3.8) is 0 Å². The summed E-state index contributed by atoms with van der Waals surface area (Å²) in [5.74, 6) is 0. The van der Waals surface area contributed by atoms with Crippen molar-refractivity contribution < 1.29 is 10.2 Å². The van der Waals surface area contributed by atoms with E-state index in [1.54, 1.807) is 12.1 Å². The van der Waals surface area contributed by atoms with Gasteiger partial charge in [0.1, 0.15) is 0 Å². The van der Waals surface area contributed by atoms with Crippen molar-refractivity contribution in [2.45, 2.75) is 19.3 Å². The zero-order valence-corrected chi connectivity index (χ0v) is 6.70. The second-order valence-electron chi connectivity index (χ2n) is 2.61. The molecule has 0 heterocycles. The van der Waals surface area contributed by atoms with Gasteiger partial charge in [0, 0.05) is 13.0 Å². The topological polar surface area (TPSA) is 66.5 Å². The van der Waals surface area contributed by atoms with E-state index < -0.39 is 6.29 Å². The van der Waals surface area contributed by atoms with Crippen molar-refractivity contribution in [1.82, 2.24) is 0 Å². The molecule has 0 fully saturated rings. The van der Waals surface area contributed by atoms with E-state index in [0.29, 0.717) is 6.54 Å². The molecule has 0 spiro atoms. The van der Waals surface area contributed by atoms with Gasteiger partial charge in [-0.1, -0.05) is 18.2 Å². The van der Waals surface area contributed by atoms with E-state index in [2.05, 4.69) is 6.07 Å². The standard InChI is InChI=1S/C9H12NO2/c10-6-8-3-1-2-7(4-8)5-9(11)12/h1-2,4,9,11-12H,5-6,10H2. The second-order valence-corrected chi connectivity index (χ2v) is 2.61. The van der Waals surface area contributed by atoms with Crippen LogP contribution in [0.2, 0.25) is 0 Å². The Bertz CT molecular complexity index is 248. The highest BCUT2D eigenvalue weighted by Crippen LogP contribution is 2.05. The molecule has 0 aromatic heterocycles. The van der Waals surface area contributed by atoms with E-state index >= 15 is 0 Å². The first-order chi connectivity index (χ1) is 5.72. The zero-order valence-electron chi connectivity index (χ0n) is 6.70. The van der Waals surface area contributed by atoms with Crippen LogP contribution in [0.4, 0.5) is 0 Å². The average Bonchev–Trinajstić information content (AvgIpc) is 2.03. The summed E-state index contributed by atoms with van der Waals surface area (Å²) in [4.78, 5) is 0. The van der Waals surface area contributed by atoms with Crippen LogP contribution in [0.3, 0.4) is 0 Å². The van der Waals surface area contributed by atoms with Crippen molar-refractivity contribution in [2.24, 2.45) is 5.73 Å². The summed E-state index contributed by atoms with van der Waals surface area (Å²) < 4.78 is 0. The zero-order chi connectivity index (χ0) is 8.97. The molecular weight excluding hydrogens is 154 g/mol. The van der Waals surface area contributed by atoms with Crippen LogP contribution in [0, 0.1) is 6.07 Å². The Morgan fingerprint density at radius 3 is 2.83 bits per heavy atom. The number of aliphatic hydroxyl groups is 2. The Morgan fingerprint density at radius 1 is 1.50 bits per heavy atom. The van der Waals surface area contributed by atoms with Gasteiger partial charge in [0.05, 0.1) is 0 Å². The molecule has 0 bridgehead atoms. The summed E-state index contributed by atoms with van der Waals surface area (Å²) in [6, 6.07) is 8.29. The molecule has 0 aliphatic rings. The lowest BCUT2D eigenvalue weighted by molar-refractivity contribution is -0.0381. The molecular formula is C9H12NO2. The quantitative estimate of drug-likeness (QED) is 0.545. The van der Waals surface area contributed by atoms with Gasteiger partial charge in [-0.15, -0.1) is 0 Å². The lowest BCUT2D eigenvalue weighted by Gasteiger charge is -2.04. The summed E-state index contributed by atoms with van der Waals surface area (Å²) in [7, 11) is 0. The van der Waals surface area contributed by atoms with E-state index in [1.165, 1.54) is 0 Å². The van der Waals surface area contributed by atoms with Gasteiger partial charge >= 0.3 is 0 Å². The van der Waals surface area contributed by atoms with Crippen molar-refractivity contribution in [1.29, 1.82) is 0 Å². The first kappa shape index (κ1) is 9.19. The number of rotatable bonds is 3. The maximum absolute atomic E-state index is 8.68. The van der Waals surface area contributed by atoms with E-state index in [4.69, 9.17) is 15.9 Å². The van der Waals surface area contributed by atoms with Gasteiger partial charge < -0.3 is 15.9 Å². The molecule has 0 amide bonds. The number of hydrogen-bond acceptors (Lipinski definition) is 3. The molecule has 3 heteroatoms. The second kappa shape index (κ2) is 4.21. The fourth-order valence-corrected chi connectivity index (χ4v) is 1.02. The number of nitrogens with two attached hydrogens (primary N) is 1. The smallest absolute Gasteiger partial charge is 0.155 e. The third-order valence-corrected chi connectivity index (χ3v) is 1.56. The van der Waals surface area contributed by atoms with Crippen LogP contribution in [0.5, 0.6) is 0 Å². The maximum atomic E-state index is 8.68. The minimum atomic E-state index is -1.29. The molecule has 12 heavy (non-hydrogen) atoms. The van der Waals surface area contributed by atoms with Crippen molar-refractivity contribution in [2.75, 3.05) is 0 Å². The third-order valence-electron chi connectivity index (χ3n) is 1.56. The Hall–Kier alpha value is -0.900. The van der Waals surface area contributed by atoms with Crippen LogP contribution in [0.25, 0.3) is 0 Å². The fraction of sp³-hybridized carbons (Fsp3) is 0.333. The molecule has 0 atom stereocenters. The van der Waals surface area contributed by atoms with E-state index in [9.17, 15) is 0 Å². The predicted octanol–water partition coefficient (Wildman–Crippen LogP) is -0.201. The molecule has 0 aliphatic heterocycles. The van der Waals surface area contributed by atoms with E-state index in [-0.39, 0.29) is 6.42 Å². The van der Waals surface area contributed by atoms with Crippen LogP contribution >= 0.6 is 0 Å². The molecule has 0 saturated carbocycles. The first-order valence-corrected chi connectivity index (χ1v) is 3.78. The SMILES string of the molecule is NCc1[c]ccc(CC(O)O)c1. The average molecular weight is 166 g/mol. The lowest BCUT2D eigenvalue weighted by Crippen LogP contribution is -2.08. The molecule has 1 radical (unpaired) electrons. The van der Waals surface area contributed by atoms with Gasteiger partial charge in [0.2, 0.25) is 0 Å². The van der Waals surface area contributed by atoms with Gasteiger partial charge in [-0.25, -0.2) is 0 Å². The van der Waals surface area contributed by atoms with Gasteiger partial charge in [-0.05, 0) is 17.2 Å². The van der Waals surface area contributed by atoms with Crippen molar-refractivity contribution in [3.8, 4) is 0 Å². The molecule has 1 aromatic carbocycles. The largest absolute Gasteiger partial charge is 0.368 e. The predicted molar refractivity (Wildman–Crippen MR) is 45.1 cm³/mol. The molecule has 1 aromatic rings. The summed E-state index contributed by atoms with van der Waals surface area (Å²) in [5, 5.41) is 17.4. The van der Waals surface area contributed by atoms with Gasteiger partial charge in [-0.2, -0.15) is 0 Å². The number of benzene rings is 1. The summed E-state index contributed by atoms with van der Waals surface area (Å²) >= 11 is 0. The highest BCUT2D eigenvalue weighted by atomic mass is 16.5. The van der Waals surface area contributed by atoms with E-state index in [1.807, 2.05) is 6.07 Å². The normalized spacial score (nSPS) is 10.7. The molecule has 0 unspecified atom stereocenters. The van der Waals surface area contributed by atoms with E-state index in [0.717, 1.165) is 11.1 Å². The number of aliphatic hydroxyl groups excluding tert-OH is 1. The Balaban J connectivity index is 2.72. The Morgan fingerprint density at radius 2 is 2.25 bits per heavy atom. The molecule has 1 rings (SSSR count). The van der Waals surface area contributed by atoms with Crippen LogP contribution in [-0.2, 0) is 13.0 Å². The van der Waals surface area contributed by atoms with Crippen LogP contribution in [-0.4, -0.2) is 16.5 Å². The van der Waals surface area contributed by atoms with Crippen LogP contribution in [0.15, 0.2) is 18.2 Å². The van der Waals surface area contributed by atoms with Crippen molar-refractivity contribution >= 4 is 0 Å². The van der Waals surface area contributed by atoms with Crippen molar-refractivity contribution in [3.05, 3.63) is 35.4 Å². The molecule has 3 nitrogen and oxygen atoms in total. The highest BCUT2D eigenvalue weighted by Gasteiger charge is 2.00. The van der Waals surface area contributed by atoms with Crippen LogP contribution < -0.4 is 5.73 Å². The summed E-state index contributed by atoms with van der Waals surface area (Å²) in [6.07, 6.45) is -1.06. The fourth-order valence-electron chi connectivity index (χ4n) is 1.02. The monoisotopic (exact) mass is 166 g/mol. The highest BCUT2D eigenvalue weighted by molar-refractivity contribution is 5.22. The Labute approximate surface area is 71.5 Å². The van der Waals surface area contributed by atoms with Gasteiger partial charge in [0.15, 0.2) is 6.29 Å². The van der Waals surface area contributed by atoms with Crippen LogP contribution in [0.1, 0.15) is 11.1 Å². The number of hydrogen-bond donors (Lipinski definition) is 3. The van der Waals surface area contributed by atoms with Gasteiger partial charge in [-0.3, -0.25) is 0 Å².